The highest BCUT2D eigenvalue weighted by atomic mass is 32.2. The molecule has 0 aromatic heterocycles. The van der Waals surface area contributed by atoms with E-state index in [2.05, 4.69) is 9.12 Å². The van der Waals surface area contributed by atoms with Crippen LogP contribution in [0.5, 0.6) is 0 Å². The molecule has 0 radical (unpaired) electrons. The van der Waals surface area contributed by atoms with Crippen molar-refractivity contribution in [2.45, 2.75) is 5.91 Å². The summed E-state index contributed by atoms with van der Waals surface area (Å²) in [6.45, 7) is 0. The van der Waals surface area contributed by atoms with Crippen molar-refractivity contribution in [1.82, 2.24) is 4.72 Å². The predicted octanol–water partition coefficient (Wildman–Crippen LogP) is -0.814. The fourth-order valence-electron chi connectivity index (χ4n) is 0.564. The van der Waals surface area contributed by atoms with Crippen LogP contribution in [0.3, 0.4) is 0 Å². The van der Waals surface area contributed by atoms with E-state index in [-0.39, 0.29) is 0 Å². The first kappa shape index (κ1) is 7.80. The zero-order valence-corrected chi connectivity index (χ0v) is 6.47. The summed E-state index contributed by atoms with van der Waals surface area (Å²) in [4.78, 5) is 0. The van der Waals surface area contributed by atoms with Crippen LogP contribution in [0.25, 0.3) is 0 Å². The maximum absolute atomic E-state index is 10.6. The summed E-state index contributed by atoms with van der Waals surface area (Å²) in [6.07, 6.45) is 1.32. The SMILES string of the molecule is COC1(OC)C=NS(=O)N1. The van der Waals surface area contributed by atoms with Gasteiger partial charge in [0.2, 0.25) is 11.2 Å². The van der Waals surface area contributed by atoms with E-state index in [1.54, 1.807) is 0 Å². The minimum Gasteiger partial charge on any atom is -0.336 e. The second-order valence-electron chi connectivity index (χ2n) is 1.66. The lowest BCUT2D eigenvalue weighted by atomic mass is 10.5. The third-order valence-electron chi connectivity index (χ3n) is 1.15. The summed E-state index contributed by atoms with van der Waals surface area (Å²) in [6, 6.07) is 0. The average Bonchev–Trinajstić information content (AvgIpc) is 2.33. The highest BCUT2D eigenvalue weighted by molar-refractivity contribution is 7.82. The van der Waals surface area contributed by atoms with E-state index >= 15 is 0 Å². The van der Waals surface area contributed by atoms with Crippen LogP contribution >= 0.6 is 0 Å². The Hall–Kier alpha value is -0.300. The molecule has 1 rings (SSSR count). The normalized spacial score (nSPS) is 29.2. The third kappa shape index (κ3) is 1.24. The van der Waals surface area contributed by atoms with Crippen molar-refractivity contribution >= 4 is 17.4 Å². The molecule has 1 unspecified atom stereocenters. The molecule has 1 aliphatic heterocycles. The van der Waals surface area contributed by atoms with Gasteiger partial charge in [0.25, 0.3) is 5.91 Å². The Morgan fingerprint density at radius 1 is 1.60 bits per heavy atom. The Morgan fingerprint density at radius 3 is 2.40 bits per heavy atom. The van der Waals surface area contributed by atoms with Crippen molar-refractivity contribution in [3.05, 3.63) is 0 Å². The van der Waals surface area contributed by atoms with E-state index < -0.39 is 17.1 Å². The minimum absolute atomic E-state index is 1.09. The molecule has 10 heavy (non-hydrogen) atoms. The zero-order chi connectivity index (χ0) is 7.61. The van der Waals surface area contributed by atoms with Crippen LogP contribution in [0.15, 0.2) is 4.40 Å². The number of nitrogens with one attached hydrogen (secondary N) is 1. The molecule has 58 valence electrons. The first-order valence-corrected chi connectivity index (χ1v) is 3.68. The molecule has 0 saturated carbocycles. The molecule has 0 spiro atoms. The topological polar surface area (TPSA) is 59.9 Å². The minimum atomic E-state index is -1.42. The lowest BCUT2D eigenvalue weighted by Crippen LogP contribution is -2.46. The highest BCUT2D eigenvalue weighted by Crippen LogP contribution is 2.10. The van der Waals surface area contributed by atoms with Crippen LogP contribution in [0, 0.1) is 0 Å². The Labute approximate surface area is 61.1 Å². The van der Waals surface area contributed by atoms with Crippen molar-refractivity contribution in [2.75, 3.05) is 14.2 Å². The van der Waals surface area contributed by atoms with E-state index in [4.69, 9.17) is 9.47 Å². The number of nitrogens with zero attached hydrogens (tertiary/aromatic N) is 1. The zero-order valence-electron chi connectivity index (χ0n) is 5.66. The molecule has 0 bridgehead atoms. The second kappa shape index (κ2) is 2.75. The Kier molecular flexibility index (Phi) is 2.14. The predicted molar refractivity (Wildman–Crippen MR) is 36.5 cm³/mol. The first-order valence-electron chi connectivity index (χ1n) is 2.57. The fourth-order valence-corrected chi connectivity index (χ4v) is 1.31. The molecule has 0 aromatic rings. The lowest BCUT2D eigenvalue weighted by molar-refractivity contribution is -0.154. The molecule has 0 fully saturated rings. The number of methoxy groups -OCH3 is 2. The van der Waals surface area contributed by atoms with Crippen LogP contribution < -0.4 is 4.72 Å². The molecular weight excluding hydrogens is 156 g/mol. The van der Waals surface area contributed by atoms with Gasteiger partial charge in [-0.3, -0.25) is 0 Å². The molecular formula is C4H8N2O3S. The maximum Gasteiger partial charge on any atom is 0.279 e. The Balaban J connectivity index is 2.70. The molecule has 5 nitrogen and oxygen atoms in total. The van der Waals surface area contributed by atoms with Crippen molar-refractivity contribution in [3.8, 4) is 0 Å². The van der Waals surface area contributed by atoms with Crippen LogP contribution in [0.2, 0.25) is 0 Å². The Morgan fingerprint density at radius 2 is 2.20 bits per heavy atom. The smallest absolute Gasteiger partial charge is 0.279 e. The third-order valence-corrected chi connectivity index (χ3v) is 1.91. The maximum atomic E-state index is 10.6. The second-order valence-corrected chi connectivity index (χ2v) is 2.57. The van der Waals surface area contributed by atoms with Gasteiger partial charge in [-0.25, -0.2) is 4.21 Å². The number of ether oxygens (including phenoxy) is 2. The first-order chi connectivity index (χ1) is 4.72. The fraction of sp³-hybridized carbons (Fsp3) is 0.750. The number of hydrogen-bond donors (Lipinski definition) is 1. The molecule has 0 aliphatic carbocycles. The number of rotatable bonds is 2. The number of hydrogen-bond acceptors (Lipinski definition) is 3. The summed E-state index contributed by atoms with van der Waals surface area (Å²) in [7, 11) is 2.87. The van der Waals surface area contributed by atoms with E-state index in [0.29, 0.717) is 0 Å². The lowest BCUT2D eigenvalue weighted by Gasteiger charge is -2.20. The summed E-state index contributed by atoms with van der Waals surface area (Å²) in [5, 5.41) is 0. The summed E-state index contributed by atoms with van der Waals surface area (Å²) in [5.41, 5.74) is 0. The van der Waals surface area contributed by atoms with Gasteiger partial charge in [0, 0.05) is 14.2 Å². The molecule has 6 heteroatoms. The quantitative estimate of drug-likeness (QED) is 0.543. The molecule has 1 aliphatic rings. The van der Waals surface area contributed by atoms with Crippen molar-refractivity contribution < 1.29 is 13.7 Å². The van der Waals surface area contributed by atoms with E-state index in [0.717, 1.165) is 0 Å². The van der Waals surface area contributed by atoms with Gasteiger partial charge in [0.1, 0.15) is 0 Å². The van der Waals surface area contributed by atoms with Crippen LogP contribution in [0.1, 0.15) is 0 Å². The van der Waals surface area contributed by atoms with E-state index in [9.17, 15) is 4.21 Å². The average molecular weight is 164 g/mol. The van der Waals surface area contributed by atoms with Crippen molar-refractivity contribution in [3.63, 3.8) is 0 Å². The van der Waals surface area contributed by atoms with Crippen molar-refractivity contribution in [2.24, 2.45) is 4.40 Å². The molecule has 1 N–H and O–H groups in total. The summed E-state index contributed by atoms with van der Waals surface area (Å²) < 4.78 is 26.3. The monoisotopic (exact) mass is 164 g/mol. The molecule has 1 heterocycles. The van der Waals surface area contributed by atoms with E-state index in [1.807, 2.05) is 0 Å². The van der Waals surface area contributed by atoms with Gasteiger partial charge in [-0.2, -0.15) is 9.12 Å². The van der Waals surface area contributed by atoms with Crippen molar-refractivity contribution in [1.29, 1.82) is 0 Å². The molecule has 1 atom stereocenters. The van der Waals surface area contributed by atoms with Crippen LogP contribution in [-0.2, 0) is 20.6 Å². The Bertz CT molecular complexity index is 177. The summed E-state index contributed by atoms with van der Waals surface area (Å²) in [5.74, 6) is -1.09. The van der Waals surface area contributed by atoms with Crippen LogP contribution in [-0.4, -0.2) is 30.6 Å². The van der Waals surface area contributed by atoms with Crippen LogP contribution in [0.4, 0.5) is 0 Å². The highest BCUT2D eigenvalue weighted by Gasteiger charge is 2.34. The van der Waals surface area contributed by atoms with Gasteiger partial charge in [-0.1, -0.05) is 0 Å². The van der Waals surface area contributed by atoms with Gasteiger partial charge >= 0.3 is 0 Å². The molecule has 0 saturated heterocycles. The van der Waals surface area contributed by atoms with Gasteiger partial charge in [0.15, 0.2) is 0 Å². The van der Waals surface area contributed by atoms with Gasteiger partial charge in [-0.15, -0.1) is 0 Å². The van der Waals surface area contributed by atoms with E-state index in [1.165, 1.54) is 20.4 Å². The largest absolute Gasteiger partial charge is 0.336 e. The standard InChI is InChI=1S/C4H8N2O3S/c1-8-4(9-2)3-5-10(7)6-4/h3,6H,1-2H3. The molecule has 0 aromatic carbocycles. The summed E-state index contributed by atoms with van der Waals surface area (Å²) >= 11 is -1.42. The van der Waals surface area contributed by atoms with Gasteiger partial charge < -0.3 is 9.47 Å². The van der Waals surface area contributed by atoms with Gasteiger partial charge in [-0.05, 0) is 0 Å². The molecule has 0 amide bonds. The van der Waals surface area contributed by atoms with Gasteiger partial charge in [0.05, 0.1) is 6.21 Å².